The zero-order valence-electron chi connectivity index (χ0n) is 7.11. The molecule has 13 heavy (non-hydrogen) atoms. The molecule has 68 valence electrons. The second-order valence-electron chi connectivity index (χ2n) is 2.46. The Balaban J connectivity index is 3.31. The molecule has 1 aromatic rings. The largest absolute Gasteiger partial charge is 0.503 e. The number of phenolic OH excluding ortho intramolecular Hbond substituents is 1. The lowest BCUT2D eigenvalue weighted by molar-refractivity contribution is 0.280. The van der Waals surface area contributed by atoms with Gasteiger partial charge in [0.1, 0.15) is 6.07 Å². The van der Waals surface area contributed by atoms with Crippen molar-refractivity contribution in [1.29, 1.82) is 5.26 Å². The monoisotopic (exact) mass is 179 g/mol. The molecule has 0 unspecified atom stereocenters. The maximum Gasteiger partial charge on any atom is 0.175 e. The second kappa shape index (κ2) is 3.78. The van der Waals surface area contributed by atoms with Gasteiger partial charge in [-0.1, -0.05) is 0 Å². The van der Waals surface area contributed by atoms with Crippen molar-refractivity contribution in [3.63, 3.8) is 0 Å². The van der Waals surface area contributed by atoms with Crippen molar-refractivity contribution in [2.45, 2.75) is 6.61 Å². The van der Waals surface area contributed by atoms with Gasteiger partial charge >= 0.3 is 0 Å². The number of aliphatic hydroxyl groups excluding tert-OH is 1. The minimum Gasteiger partial charge on any atom is -0.503 e. The lowest BCUT2D eigenvalue weighted by Gasteiger charge is -2.06. The van der Waals surface area contributed by atoms with E-state index >= 15 is 0 Å². The predicted molar refractivity (Wildman–Crippen MR) is 45.3 cm³/mol. The standard InChI is InChI=1S/C9H9NO3/c1-13-8-3-6(5-11)2-7(4-10)9(8)12/h2-3,11-12H,5H2,1H3. The van der Waals surface area contributed by atoms with Gasteiger partial charge in [0, 0.05) is 0 Å². The minimum atomic E-state index is -0.192. The van der Waals surface area contributed by atoms with Gasteiger partial charge in [-0.25, -0.2) is 0 Å². The van der Waals surface area contributed by atoms with Crippen molar-refractivity contribution in [2.75, 3.05) is 7.11 Å². The number of hydrogen-bond donors (Lipinski definition) is 2. The van der Waals surface area contributed by atoms with Gasteiger partial charge in [-0.15, -0.1) is 0 Å². The van der Waals surface area contributed by atoms with Crippen LogP contribution in [0, 0.1) is 11.3 Å². The van der Waals surface area contributed by atoms with Crippen molar-refractivity contribution in [2.24, 2.45) is 0 Å². The Hall–Kier alpha value is -1.73. The van der Waals surface area contributed by atoms with Crippen molar-refractivity contribution in [3.8, 4) is 17.6 Å². The summed E-state index contributed by atoms with van der Waals surface area (Å²) in [6.07, 6.45) is 0. The Labute approximate surface area is 75.6 Å². The van der Waals surface area contributed by atoms with Crippen molar-refractivity contribution in [3.05, 3.63) is 23.3 Å². The van der Waals surface area contributed by atoms with Gasteiger partial charge in [0.05, 0.1) is 19.3 Å². The smallest absolute Gasteiger partial charge is 0.175 e. The third-order valence-corrected chi connectivity index (χ3v) is 1.66. The number of benzene rings is 1. The van der Waals surface area contributed by atoms with Crippen LogP contribution < -0.4 is 4.74 Å². The van der Waals surface area contributed by atoms with Crippen LogP contribution in [0.25, 0.3) is 0 Å². The van der Waals surface area contributed by atoms with Crippen LogP contribution in [0.2, 0.25) is 0 Å². The predicted octanol–water partition coefficient (Wildman–Crippen LogP) is 0.765. The summed E-state index contributed by atoms with van der Waals surface area (Å²) >= 11 is 0. The van der Waals surface area contributed by atoms with Crippen LogP contribution in [0.3, 0.4) is 0 Å². The molecular weight excluding hydrogens is 170 g/mol. The summed E-state index contributed by atoms with van der Waals surface area (Å²) in [6.45, 7) is -0.189. The summed E-state index contributed by atoms with van der Waals surface area (Å²) in [5.41, 5.74) is 0.634. The van der Waals surface area contributed by atoms with Gasteiger partial charge < -0.3 is 14.9 Å². The van der Waals surface area contributed by atoms with Gasteiger partial charge in [0.2, 0.25) is 0 Å². The molecule has 0 aliphatic rings. The first kappa shape index (κ1) is 9.36. The molecule has 0 radical (unpaired) electrons. The molecule has 0 aromatic heterocycles. The molecule has 1 aromatic carbocycles. The molecule has 0 aliphatic carbocycles. The van der Waals surface area contributed by atoms with Crippen LogP contribution in [0.1, 0.15) is 11.1 Å². The molecule has 4 heteroatoms. The van der Waals surface area contributed by atoms with E-state index in [9.17, 15) is 5.11 Å². The molecule has 0 saturated carbocycles. The minimum absolute atomic E-state index is 0.100. The van der Waals surface area contributed by atoms with E-state index in [0.717, 1.165) is 0 Å². The number of methoxy groups -OCH3 is 1. The SMILES string of the molecule is COc1cc(CO)cc(C#N)c1O. The fourth-order valence-electron chi connectivity index (χ4n) is 0.997. The van der Waals surface area contributed by atoms with Crippen LogP contribution >= 0.6 is 0 Å². The molecule has 0 saturated heterocycles. The van der Waals surface area contributed by atoms with Gasteiger partial charge in [0.25, 0.3) is 0 Å². The maximum absolute atomic E-state index is 9.38. The average Bonchev–Trinajstić information content (AvgIpc) is 2.18. The third kappa shape index (κ3) is 1.71. The lowest BCUT2D eigenvalue weighted by atomic mass is 10.1. The number of phenols is 1. The lowest BCUT2D eigenvalue weighted by Crippen LogP contribution is -1.91. The highest BCUT2D eigenvalue weighted by atomic mass is 16.5. The average molecular weight is 179 g/mol. The quantitative estimate of drug-likeness (QED) is 0.703. The van der Waals surface area contributed by atoms with Crippen molar-refractivity contribution in [1.82, 2.24) is 0 Å². The number of nitriles is 1. The van der Waals surface area contributed by atoms with E-state index in [4.69, 9.17) is 15.1 Å². The highest BCUT2D eigenvalue weighted by Gasteiger charge is 2.09. The normalized spacial score (nSPS) is 9.31. The summed E-state index contributed by atoms with van der Waals surface area (Å²) in [7, 11) is 1.39. The Morgan fingerprint density at radius 2 is 2.23 bits per heavy atom. The molecule has 0 fully saturated rings. The van der Waals surface area contributed by atoms with E-state index < -0.39 is 0 Å². The molecule has 0 atom stereocenters. The van der Waals surface area contributed by atoms with E-state index in [0.29, 0.717) is 5.56 Å². The zero-order chi connectivity index (χ0) is 9.84. The molecule has 0 bridgehead atoms. The summed E-state index contributed by atoms with van der Waals surface area (Å²) in [5.74, 6) is 0.00491. The molecular formula is C9H9NO3. The van der Waals surface area contributed by atoms with Crippen LogP contribution in [-0.4, -0.2) is 17.3 Å². The van der Waals surface area contributed by atoms with Crippen molar-refractivity contribution < 1.29 is 14.9 Å². The molecule has 0 spiro atoms. The molecule has 4 nitrogen and oxygen atoms in total. The molecule has 2 N–H and O–H groups in total. The maximum atomic E-state index is 9.38. The number of ether oxygens (including phenoxy) is 1. The van der Waals surface area contributed by atoms with Crippen LogP contribution in [0.15, 0.2) is 12.1 Å². The van der Waals surface area contributed by atoms with Crippen LogP contribution in [0.5, 0.6) is 11.5 Å². The van der Waals surface area contributed by atoms with Gasteiger partial charge in [-0.3, -0.25) is 0 Å². The third-order valence-electron chi connectivity index (χ3n) is 1.66. The van der Waals surface area contributed by atoms with E-state index in [-0.39, 0.29) is 23.7 Å². The van der Waals surface area contributed by atoms with Crippen LogP contribution in [0.4, 0.5) is 0 Å². The van der Waals surface area contributed by atoms with Crippen LogP contribution in [-0.2, 0) is 6.61 Å². The van der Waals surface area contributed by atoms with E-state index in [1.54, 1.807) is 6.07 Å². The number of hydrogen-bond acceptors (Lipinski definition) is 4. The number of rotatable bonds is 2. The first-order valence-corrected chi connectivity index (χ1v) is 3.63. The molecule has 0 amide bonds. The summed E-state index contributed by atoms with van der Waals surface area (Å²) in [4.78, 5) is 0. The second-order valence-corrected chi connectivity index (χ2v) is 2.46. The molecule has 1 rings (SSSR count). The highest BCUT2D eigenvalue weighted by Crippen LogP contribution is 2.30. The fraction of sp³-hybridized carbons (Fsp3) is 0.222. The van der Waals surface area contributed by atoms with Gasteiger partial charge in [0.15, 0.2) is 11.5 Å². The molecule has 0 aliphatic heterocycles. The Kier molecular flexibility index (Phi) is 2.72. The summed E-state index contributed by atoms with van der Waals surface area (Å²) in [6, 6.07) is 4.70. The summed E-state index contributed by atoms with van der Waals surface area (Å²) < 4.78 is 4.82. The zero-order valence-corrected chi connectivity index (χ0v) is 7.11. The Morgan fingerprint density at radius 1 is 1.54 bits per heavy atom. The van der Waals surface area contributed by atoms with E-state index in [1.807, 2.05) is 0 Å². The van der Waals surface area contributed by atoms with Gasteiger partial charge in [-0.2, -0.15) is 5.26 Å². The van der Waals surface area contributed by atoms with E-state index in [2.05, 4.69) is 0 Å². The number of aliphatic hydroxyl groups is 1. The highest BCUT2D eigenvalue weighted by molar-refractivity contribution is 5.53. The van der Waals surface area contributed by atoms with Gasteiger partial charge in [-0.05, 0) is 17.7 Å². The van der Waals surface area contributed by atoms with Crippen molar-refractivity contribution >= 4 is 0 Å². The topological polar surface area (TPSA) is 73.5 Å². The first-order chi connectivity index (χ1) is 6.22. The fourth-order valence-corrected chi connectivity index (χ4v) is 0.997. The first-order valence-electron chi connectivity index (χ1n) is 3.63. The number of nitrogens with zero attached hydrogens (tertiary/aromatic N) is 1. The Bertz CT molecular complexity index is 355. The van der Waals surface area contributed by atoms with E-state index in [1.165, 1.54) is 19.2 Å². The Morgan fingerprint density at radius 3 is 2.69 bits per heavy atom. The summed E-state index contributed by atoms with van der Waals surface area (Å²) in [5, 5.41) is 26.8. The number of aromatic hydroxyl groups is 1. The molecule has 0 heterocycles.